The summed E-state index contributed by atoms with van der Waals surface area (Å²) < 4.78 is 60.0. The summed E-state index contributed by atoms with van der Waals surface area (Å²) in [5, 5.41) is 0. The van der Waals surface area contributed by atoms with Gasteiger partial charge in [-0.1, -0.05) is 32.6 Å². The highest BCUT2D eigenvalue weighted by atomic mass is 19.4. The molecule has 2 fully saturated rings. The Morgan fingerprint density at radius 3 is 2.14 bits per heavy atom. The molecule has 128 valence electrons. The summed E-state index contributed by atoms with van der Waals surface area (Å²) in [6, 6.07) is 0. The quantitative estimate of drug-likeness (QED) is 0.678. The van der Waals surface area contributed by atoms with Gasteiger partial charge in [0.05, 0.1) is 19.3 Å². The van der Waals surface area contributed by atoms with Gasteiger partial charge in [0.25, 0.3) is 0 Å². The van der Waals surface area contributed by atoms with Gasteiger partial charge in [-0.15, -0.1) is 0 Å². The number of hydrogen-bond donors (Lipinski definition) is 0. The molecule has 1 aliphatic heterocycles. The first-order chi connectivity index (χ1) is 10.4. The molecular formula is C16H24F4O2. The lowest BCUT2D eigenvalue weighted by Gasteiger charge is -2.37. The molecule has 2 rings (SSSR count). The molecule has 0 atom stereocenters. The number of allylic oxidation sites excluding steroid dienone is 1. The molecule has 22 heavy (non-hydrogen) atoms. The molecule has 1 aliphatic carbocycles. The summed E-state index contributed by atoms with van der Waals surface area (Å²) in [6.45, 7) is 2.73. The van der Waals surface area contributed by atoms with Gasteiger partial charge >= 0.3 is 6.18 Å². The minimum absolute atomic E-state index is 0.164. The zero-order valence-corrected chi connectivity index (χ0v) is 12.9. The average molecular weight is 324 g/mol. The molecule has 0 unspecified atom stereocenters. The highest BCUT2D eigenvalue weighted by Crippen LogP contribution is 2.37. The van der Waals surface area contributed by atoms with E-state index in [1.165, 1.54) is 25.7 Å². The minimum Gasteiger partial charge on any atom is -0.346 e. The van der Waals surface area contributed by atoms with E-state index in [4.69, 9.17) is 9.47 Å². The van der Waals surface area contributed by atoms with E-state index in [-0.39, 0.29) is 19.1 Å². The van der Waals surface area contributed by atoms with Gasteiger partial charge < -0.3 is 9.47 Å². The molecule has 0 aromatic heterocycles. The van der Waals surface area contributed by atoms with Gasteiger partial charge in [-0.3, -0.25) is 0 Å². The maximum atomic E-state index is 13.4. The Hall–Kier alpha value is -0.620. The smallest absolute Gasteiger partial charge is 0.346 e. The molecule has 6 heteroatoms. The van der Waals surface area contributed by atoms with Crippen molar-refractivity contribution >= 4 is 0 Å². The summed E-state index contributed by atoms with van der Waals surface area (Å²) in [6.07, 6.45) is 0.480. The van der Waals surface area contributed by atoms with Crippen LogP contribution in [0.15, 0.2) is 11.9 Å². The fourth-order valence-corrected chi connectivity index (χ4v) is 3.53. The van der Waals surface area contributed by atoms with Gasteiger partial charge in [0.15, 0.2) is 5.83 Å². The highest BCUT2D eigenvalue weighted by molar-refractivity contribution is 5.01. The van der Waals surface area contributed by atoms with E-state index >= 15 is 0 Å². The average Bonchev–Trinajstić information content (AvgIpc) is 2.47. The van der Waals surface area contributed by atoms with Crippen LogP contribution in [0.5, 0.6) is 0 Å². The van der Waals surface area contributed by atoms with Gasteiger partial charge in [-0.25, -0.2) is 4.39 Å². The van der Waals surface area contributed by atoms with Crippen molar-refractivity contribution in [3.05, 3.63) is 11.9 Å². The Morgan fingerprint density at radius 2 is 1.64 bits per heavy atom. The van der Waals surface area contributed by atoms with E-state index in [0.29, 0.717) is 5.92 Å². The van der Waals surface area contributed by atoms with Crippen molar-refractivity contribution in [3.63, 3.8) is 0 Å². The lowest BCUT2D eigenvalue weighted by atomic mass is 9.75. The van der Waals surface area contributed by atoms with Crippen LogP contribution in [-0.2, 0) is 9.47 Å². The monoisotopic (exact) mass is 324 g/mol. The summed E-state index contributed by atoms with van der Waals surface area (Å²) in [7, 11) is 0. The van der Waals surface area contributed by atoms with E-state index in [0.717, 1.165) is 18.8 Å². The highest BCUT2D eigenvalue weighted by Gasteiger charge is 2.35. The predicted molar refractivity (Wildman–Crippen MR) is 74.8 cm³/mol. The number of rotatable bonds is 4. The van der Waals surface area contributed by atoms with Crippen molar-refractivity contribution in [2.75, 3.05) is 13.2 Å². The number of halogens is 4. The fraction of sp³-hybridized carbons (Fsp3) is 0.875. The minimum atomic E-state index is -4.69. The van der Waals surface area contributed by atoms with Crippen molar-refractivity contribution in [1.29, 1.82) is 0 Å². The summed E-state index contributed by atoms with van der Waals surface area (Å²) in [5.41, 5.74) is 0. The Morgan fingerprint density at radius 1 is 1.05 bits per heavy atom. The third-order valence-corrected chi connectivity index (χ3v) is 4.71. The second-order valence-electron chi connectivity index (χ2n) is 6.40. The zero-order valence-electron chi connectivity index (χ0n) is 12.9. The van der Waals surface area contributed by atoms with Crippen molar-refractivity contribution in [1.82, 2.24) is 0 Å². The van der Waals surface area contributed by atoms with E-state index in [2.05, 4.69) is 6.92 Å². The fourth-order valence-electron chi connectivity index (χ4n) is 3.53. The van der Waals surface area contributed by atoms with Crippen LogP contribution in [0.2, 0.25) is 0 Å². The van der Waals surface area contributed by atoms with Crippen LogP contribution in [0.3, 0.4) is 0 Å². The molecule has 0 amide bonds. The van der Waals surface area contributed by atoms with Crippen LogP contribution >= 0.6 is 0 Å². The van der Waals surface area contributed by atoms with E-state index < -0.39 is 24.4 Å². The molecule has 0 spiro atoms. The van der Waals surface area contributed by atoms with Crippen LogP contribution in [-0.4, -0.2) is 25.7 Å². The lowest BCUT2D eigenvalue weighted by molar-refractivity contribution is -0.200. The van der Waals surface area contributed by atoms with Crippen molar-refractivity contribution in [2.45, 2.75) is 57.9 Å². The van der Waals surface area contributed by atoms with Crippen LogP contribution in [0, 0.1) is 17.8 Å². The van der Waals surface area contributed by atoms with Crippen LogP contribution in [0.4, 0.5) is 17.6 Å². The number of alkyl halides is 3. The molecule has 0 bridgehead atoms. The third kappa shape index (κ3) is 5.23. The van der Waals surface area contributed by atoms with Crippen molar-refractivity contribution < 1.29 is 27.0 Å². The van der Waals surface area contributed by atoms with E-state index in [9.17, 15) is 17.6 Å². The largest absolute Gasteiger partial charge is 0.412 e. The molecule has 1 saturated heterocycles. The van der Waals surface area contributed by atoms with Crippen LogP contribution in [0.1, 0.15) is 45.4 Å². The zero-order chi connectivity index (χ0) is 16.2. The summed E-state index contributed by atoms with van der Waals surface area (Å²) in [4.78, 5) is 0. The first kappa shape index (κ1) is 17.7. The third-order valence-electron chi connectivity index (χ3n) is 4.71. The standard InChI is InChI=1S/C16H24F4O2/c1-2-3-11-4-6-12(7-5-11)13-9-21-15(22-10-13)14(17)8-16(18,19)20/h8,11-13,15H,2-7,9-10H2,1H3. The molecular weight excluding hydrogens is 300 g/mol. The summed E-state index contributed by atoms with van der Waals surface area (Å²) in [5.74, 6) is 0.0328. The Labute approximate surface area is 128 Å². The lowest BCUT2D eigenvalue weighted by Crippen LogP contribution is -2.37. The SMILES string of the molecule is CCCC1CCC(C2COC(C(F)=CC(F)(F)F)OC2)CC1. The molecule has 0 aromatic rings. The van der Waals surface area contributed by atoms with Gasteiger partial charge in [0, 0.05) is 5.92 Å². The summed E-state index contributed by atoms with van der Waals surface area (Å²) >= 11 is 0. The molecule has 0 N–H and O–H groups in total. The van der Waals surface area contributed by atoms with Gasteiger partial charge in [0.2, 0.25) is 6.29 Å². The van der Waals surface area contributed by atoms with E-state index in [1.54, 1.807) is 0 Å². The van der Waals surface area contributed by atoms with Gasteiger partial charge in [0.1, 0.15) is 0 Å². The first-order valence-corrected chi connectivity index (χ1v) is 8.07. The number of ether oxygens (including phenoxy) is 2. The Balaban J connectivity index is 1.77. The van der Waals surface area contributed by atoms with Crippen molar-refractivity contribution in [2.24, 2.45) is 17.8 Å². The van der Waals surface area contributed by atoms with Crippen LogP contribution < -0.4 is 0 Å². The predicted octanol–water partition coefficient (Wildman–Crippen LogP) is 5.00. The first-order valence-electron chi connectivity index (χ1n) is 8.07. The molecule has 0 radical (unpaired) electrons. The molecule has 1 heterocycles. The van der Waals surface area contributed by atoms with Crippen LogP contribution in [0.25, 0.3) is 0 Å². The molecule has 2 nitrogen and oxygen atoms in total. The van der Waals surface area contributed by atoms with Crippen molar-refractivity contribution in [3.8, 4) is 0 Å². The normalized spacial score (nSPS) is 34.7. The Bertz CT molecular complexity index is 365. The van der Waals surface area contributed by atoms with Gasteiger partial charge in [-0.2, -0.15) is 13.2 Å². The molecule has 0 aromatic carbocycles. The molecule has 2 aliphatic rings. The van der Waals surface area contributed by atoms with Gasteiger partial charge in [-0.05, 0) is 24.7 Å². The Kier molecular flexibility index (Phi) is 6.26. The maximum absolute atomic E-state index is 13.4. The second-order valence-corrected chi connectivity index (χ2v) is 6.40. The topological polar surface area (TPSA) is 18.5 Å². The second kappa shape index (κ2) is 7.77. The number of hydrogen-bond acceptors (Lipinski definition) is 2. The molecule has 1 saturated carbocycles. The maximum Gasteiger partial charge on any atom is 0.412 e. The van der Waals surface area contributed by atoms with E-state index in [1.807, 2.05) is 0 Å².